The normalized spacial score (nSPS) is 15.9. The first-order valence-electron chi connectivity index (χ1n) is 6.70. The van der Waals surface area contributed by atoms with E-state index < -0.39 is 0 Å². The van der Waals surface area contributed by atoms with Crippen molar-refractivity contribution in [3.8, 4) is 0 Å². The summed E-state index contributed by atoms with van der Waals surface area (Å²) in [7, 11) is 0. The van der Waals surface area contributed by atoms with Crippen molar-refractivity contribution in [3.05, 3.63) is 25.3 Å². The summed E-state index contributed by atoms with van der Waals surface area (Å²) < 4.78 is 6.58. The molecular weight excluding hydrogens is 272 g/mol. The van der Waals surface area contributed by atoms with Gasteiger partial charge in [0.2, 0.25) is 0 Å². The van der Waals surface area contributed by atoms with Crippen LogP contribution in [0.3, 0.4) is 0 Å². The van der Waals surface area contributed by atoms with Crippen molar-refractivity contribution in [2.24, 2.45) is 0 Å². The lowest BCUT2D eigenvalue weighted by Gasteiger charge is -2.31. The minimum atomic E-state index is 0.0862. The summed E-state index contributed by atoms with van der Waals surface area (Å²) in [6.07, 6.45) is 10.2. The smallest absolute Gasteiger partial charge is 0.0774 e. The Morgan fingerprint density at radius 1 is 0.895 bits per heavy atom. The molecule has 0 spiro atoms. The Hall–Kier alpha value is 0.140. The molecule has 0 rings (SSSR count). The van der Waals surface area contributed by atoms with Gasteiger partial charge in [-0.15, -0.1) is 13.2 Å². The van der Waals surface area contributed by atoms with Crippen LogP contribution >= 0.6 is 23.5 Å². The first-order valence-corrected chi connectivity index (χ1v) is 9.15. The van der Waals surface area contributed by atoms with Crippen LogP contribution in [-0.4, -0.2) is 34.2 Å². The fourth-order valence-corrected chi connectivity index (χ4v) is 2.40. The van der Waals surface area contributed by atoms with Crippen molar-refractivity contribution < 1.29 is 4.74 Å². The Morgan fingerprint density at radius 2 is 1.21 bits per heavy atom. The monoisotopic (exact) mass is 302 g/mol. The lowest BCUT2D eigenvalue weighted by Crippen LogP contribution is -2.30. The van der Waals surface area contributed by atoms with E-state index in [1.165, 1.54) is 0 Å². The lowest BCUT2D eigenvalue weighted by atomic mass is 10.0. The Morgan fingerprint density at radius 3 is 1.42 bits per heavy atom. The van der Waals surface area contributed by atoms with E-state index >= 15 is 0 Å². The van der Waals surface area contributed by atoms with Gasteiger partial charge < -0.3 is 4.74 Å². The number of thioether (sulfide) groups is 2. The van der Waals surface area contributed by atoms with Gasteiger partial charge in [0.1, 0.15) is 0 Å². The summed E-state index contributed by atoms with van der Waals surface area (Å²) in [6, 6.07) is 0. The molecule has 0 amide bonds. The van der Waals surface area contributed by atoms with Gasteiger partial charge in [-0.1, -0.05) is 39.8 Å². The summed E-state index contributed by atoms with van der Waals surface area (Å²) in [5, 5.41) is 0. The molecule has 0 aromatic heterocycles. The molecule has 0 aromatic rings. The van der Waals surface area contributed by atoms with E-state index in [-0.39, 0.29) is 21.7 Å². The van der Waals surface area contributed by atoms with E-state index in [1.54, 1.807) is 0 Å². The quantitative estimate of drug-likeness (QED) is 0.515. The highest BCUT2D eigenvalue weighted by molar-refractivity contribution is 8.00. The third kappa shape index (κ3) is 8.11. The predicted octanol–water partition coefficient (Wildman–Crippen LogP) is 5.18. The van der Waals surface area contributed by atoms with Crippen molar-refractivity contribution in [2.45, 2.75) is 62.2 Å². The zero-order valence-corrected chi connectivity index (χ0v) is 15.0. The zero-order valence-electron chi connectivity index (χ0n) is 13.4. The third-order valence-corrected chi connectivity index (χ3v) is 5.91. The molecule has 0 aliphatic rings. The van der Waals surface area contributed by atoms with Gasteiger partial charge in [0.25, 0.3) is 0 Å². The van der Waals surface area contributed by atoms with Gasteiger partial charge in [0, 0.05) is 9.49 Å². The van der Waals surface area contributed by atoms with Crippen molar-refractivity contribution in [2.75, 3.05) is 12.5 Å². The highest BCUT2D eigenvalue weighted by Gasteiger charge is 2.26. The average Bonchev–Trinajstić information content (AvgIpc) is 2.36. The van der Waals surface area contributed by atoms with Crippen LogP contribution in [-0.2, 0) is 4.74 Å². The molecule has 0 fully saturated rings. The van der Waals surface area contributed by atoms with Crippen LogP contribution in [0.1, 0.15) is 40.5 Å². The number of ether oxygens (including phenoxy) is 1. The van der Waals surface area contributed by atoms with Crippen molar-refractivity contribution in [3.63, 3.8) is 0 Å². The molecular formula is C16H30OS2. The van der Waals surface area contributed by atoms with Gasteiger partial charge in [0.15, 0.2) is 0 Å². The molecule has 0 bridgehead atoms. The number of rotatable bonds is 10. The highest BCUT2D eigenvalue weighted by atomic mass is 32.2. The molecule has 2 atom stereocenters. The van der Waals surface area contributed by atoms with Crippen molar-refractivity contribution in [1.29, 1.82) is 0 Å². The van der Waals surface area contributed by atoms with Crippen molar-refractivity contribution >= 4 is 23.5 Å². The molecule has 19 heavy (non-hydrogen) atoms. The molecule has 0 aromatic carbocycles. The minimum absolute atomic E-state index is 0.0862. The maximum atomic E-state index is 6.16. The lowest BCUT2D eigenvalue weighted by molar-refractivity contribution is 0.0251. The Kier molecular flexibility index (Phi) is 8.49. The van der Waals surface area contributed by atoms with Crippen LogP contribution in [0.2, 0.25) is 0 Å². The van der Waals surface area contributed by atoms with Crippen LogP contribution in [0.4, 0.5) is 0 Å². The maximum absolute atomic E-state index is 6.16. The standard InChI is InChI=1S/C16H30OS2/c1-9-13(11-15(3,4)18-7)17-14(10-2)12-16(5,6)19-8/h9-10,13-14H,1-2,11-12H2,3-8H3. The summed E-state index contributed by atoms with van der Waals surface area (Å²) in [5.74, 6) is 0. The van der Waals surface area contributed by atoms with E-state index in [2.05, 4.69) is 53.4 Å². The molecule has 112 valence electrons. The van der Waals surface area contributed by atoms with Gasteiger partial charge in [-0.05, 0) is 25.4 Å². The molecule has 1 nitrogen and oxygen atoms in total. The van der Waals surface area contributed by atoms with Crippen LogP contribution in [0.25, 0.3) is 0 Å². The van der Waals surface area contributed by atoms with Crippen LogP contribution < -0.4 is 0 Å². The van der Waals surface area contributed by atoms with E-state index in [4.69, 9.17) is 4.74 Å². The SMILES string of the molecule is C=CC(CC(C)(C)SC)OC(C=C)CC(C)(C)SC. The average molecular weight is 303 g/mol. The van der Waals surface area contributed by atoms with Crippen molar-refractivity contribution in [1.82, 2.24) is 0 Å². The molecule has 0 saturated heterocycles. The van der Waals surface area contributed by atoms with Crippen LogP contribution in [0.5, 0.6) is 0 Å². The molecule has 0 aliphatic carbocycles. The number of hydrogen-bond donors (Lipinski definition) is 0. The summed E-state index contributed by atoms with van der Waals surface area (Å²) in [4.78, 5) is 0. The molecule has 3 heteroatoms. The molecule has 0 saturated carbocycles. The first-order chi connectivity index (χ1) is 8.69. The fraction of sp³-hybridized carbons (Fsp3) is 0.750. The van der Waals surface area contributed by atoms with Gasteiger partial charge in [-0.25, -0.2) is 0 Å². The van der Waals surface area contributed by atoms with E-state index in [0.29, 0.717) is 0 Å². The first kappa shape index (κ1) is 19.1. The molecule has 0 N–H and O–H groups in total. The zero-order chi connectivity index (χ0) is 15.1. The Labute approximate surface area is 128 Å². The van der Waals surface area contributed by atoms with Crippen LogP contribution in [0, 0.1) is 0 Å². The second-order valence-electron chi connectivity index (χ2n) is 6.02. The second kappa shape index (κ2) is 8.43. The topological polar surface area (TPSA) is 9.23 Å². The summed E-state index contributed by atoms with van der Waals surface area (Å²) in [5.41, 5.74) is 0. The van der Waals surface area contributed by atoms with Gasteiger partial charge >= 0.3 is 0 Å². The van der Waals surface area contributed by atoms with Crippen LogP contribution in [0.15, 0.2) is 25.3 Å². The Bertz CT molecular complexity index is 256. The summed E-state index contributed by atoms with van der Waals surface area (Å²) >= 11 is 3.73. The largest absolute Gasteiger partial charge is 0.367 e. The van der Waals surface area contributed by atoms with Gasteiger partial charge in [-0.2, -0.15) is 23.5 Å². The van der Waals surface area contributed by atoms with E-state index in [1.807, 2.05) is 35.7 Å². The number of hydrogen-bond acceptors (Lipinski definition) is 3. The fourth-order valence-electron chi connectivity index (χ4n) is 1.73. The predicted molar refractivity (Wildman–Crippen MR) is 93.5 cm³/mol. The third-order valence-electron chi connectivity index (χ3n) is 3.37. The summed E-state index contributed by atoms with van der Waals surface area (Å²) in [6.45, 7) is 16.8. The van der Waals surface area contributed by atoms with E-state index in [0.717, 1.165) is 12.8 Å². The minimum Gasteiger partial charge on any atom is -0.367 e. The molecule has 0 heterocycles. The second-order valence-corrected chi connectivity index (χ2v) is 9.05. The molecule has 0 radical (unpaired) electrons. The van der Waals surface area contributed by atoms with E-state index in [9.17, 15) is 0 Å². The maximum Gasteiger partial charge on any atom is 0.0774 e. The Balaban J connectivity index is 4.57. The highest BCUT2D eigenvalue weighted by Crippen LogP contribution is 2.31. The van der Waals surface area contributed by atoms with Gasteiger partial charge in [-0.3, -0.25) is 0 Å². The van der Waals surface area contributed by atoms with Gasteiger partial charge in [0.05, 0.1) is 12.2 Å². The molecule has 2 unspecified atom stereocenters. The molecule has 0 aliphatic heterocycles.